The Balaban J connectivity index is 1.79. The Bertz CT molecular complexity index is 1000. The number of esters is 1. The molecule has 7 heteroatoms. The summed E-state index contributed by atoms with van der Waals surface area (Å²) in [4.78, 5) is 26.6. The van der Waals surface area contributed by atoms with Crippen molar-refractivity contribution in [3.8, 4) is 5.75 Å². The minimum Gasteiger partial charge on any atom is -0.495 e. The number of para-hydroxylation sites is 1. The maximum absolute atomic E-state index is 12.8. The molecule has 1 heterocycles. The van der Waals surface area contributed by atoms with E-state index in [0.29, 0.717) is 41.6 Å². The van der Waals surface area contributed by atoms with E-state index >= 15 is 0 Å². The third-order valence-electron chi connectivity index (χ3n) is 4.89. The van der Waals surface area contributed by atoms with E-state index in [-0.39, 0.29) is 12.5 Å². The number of carbonyl (C=O) groups excluding carboxylic acids is 2. The summed E-state index contributed by atoms with van der Waals surface area (Å²) >= 11 is 6.05. The Morgan fingerprint density at radius 2 is 1.81 bits per heavy atom. The Labute approximate surface area is 193 Å². The topological polar surface area (TPSA) is 65.1 Å². The van der Waals surface area contributed by atoms with Gasteiger partial charge < -0.3 is 14.2 Å². The van der Waals surface area contributed by atoms with E-state index in [2.05, 4.69) is 0 Å². The van der Waals surface area contributed by atoms with Crippen LogP contribution in [0.2, 0.25) is 5.02 Å². The van der Waals surface area contributed by atoms with Gasteiger partial charge in [-0.1, -0.05) is 48.9 Å². The Kier molecular flexibility index (Phi) is 8.34. The van der Waals surface area contributed by atoms with Crippen LogP contribution in [0.15, 0.2) is 78.3 Å². The van der Waals surface area contributed by atoms with Crippen molar-refractivity contribution in [2.45, 2.75) is 26.7 Å². The van der Waals surface area contributed by atoms with Gasteiger partial charge in [0.15, 0.2) is 0 Å². The third-order valence-corrected chi connectivity index (χ3v) is 5.13. The molecule has 0 spiro atoms. The number of rotatable bonds is 8. The number of halogens is 1. The highest BCUT2D eigenvalue weighted by molar-refractivity contribution is 6.30. The van der Waals surface area contributed by atoms with Crippen LogP contribution < -0.4 is 4.74 Å². The first-order valence-electron chi connectivity index (χ1n) is 10.5. The van der Waals surface area contributed by atoms with Crippen LogP contribution in [-0.2, 0) is 20.7 Å². The van der Waals surface area contributed by atoms with Crippen molar-refractivity contribution in [2.75, 3.05) is 13.2 Å². The molecular formula is C25H26ClNO5. The molecule has 1 unspecified atom stereocenters. The molecule has 0 saturated heterocycles. The van der Waals surface area contributed by atoms with Gasteiger partial charge in [0.05, 0.1) is 30.9 Å². The Morgan fingerprint density at radius 1 is 1.03 bits per heavy atom. The van der Waals surface area contributed by atoms with Gasteiger partial charge in [0.2, 0.25) is 0 Å². The van der Waals surface area contributed by atoms with E-state index in [1.54, 1.807) is 37.4 Å². The minimum atomic E-state index is -0.650. The molecule has 0 bridgehead atoms. The normalized spacial score (nSPS) is 15.5. The van der Waals surface area contributed by atoms with Crippen LogP contribution >= 0.6 is 11.6 Å². The molecule has 1 aliphatic rings. The fourth-order valence-corrected chi connectivity index (χ4v) is 3.57. The lowest BCUT2D eigenvalue weighted by Gasteiger charge is -2.29. The molecule has 0 N–H and O–H groups in total. The zero-order valence-electron chi connectivity index (χ0n) is 18.1. The van der Waals surface area contributed by atoms with Crippen LogP contribution in [0, 0.1) is 5.92 Å². The van der Waals surface area contributed by atoms with Gasteiger partial charge in [-0.15, -0.1) is 0 Å². The summed E-state index contributed by atoms with van der Waals surface area (Å²) < 4.78 is 16.7. The number of benzene rings is 2. The van der Waals surface area contributed by atoms with Crippen LogP contribution in [0.3, 0.4) is 0 Å². The molecule has 0 radical (unpaired) electrons. The van der Waals surface area contributed by atoms with Gasteiger partial charge in [-0.2, -0.15) is 0 Å². The van der Waals surface area contributed by atoms with Crippen molar-refractivity contribution < 1.29 is 23.8 Å². The second-order valence-electron chi connectivity index (χ2n) is 7.11. The predicted octanol–water partition coefficient (Wildman–Crippen LogP) is 5.73. The summed E-state index contributed by atoms with van der Waals surface area (Å²) in [5.41, 5.74) is 1.38. The van der Waals surface area contributed by atoms with Crippen molar-refractivity contribution in [2.24, 2.45) is 5.92 Å². The van der Waals surface area contributed by atoms with Crippen LogP contribution in [0.4, 0.5) is 4.79 Å². The maximum Gasteiger partial charge on any atom is 0.423 e. The SMILES string of the molecule is CCOC(=O)C1=CN(C(=O)Oc2ccccc2)C=C(OCCc2cccc(Cl)c2)C1CC. The summed E-state index contributed by atoms with van der Waals surface area (Å²) in [5, 5.41) is 0.660. The summed E-state index contributed by atoms with van der Waals surface area (Å²) in [6.07, 6.45) is 3.61. The molecular weight excluding hydrogens is 430 g/mol. The van der Waals surface area contributed by atoms with Crippen molar-refractivity contribution in [3.05, 3.63) is 88.9 Å². The van der Waals surface area contributed by atoms with Crippen molar-refractivity contribution in [1.29, 1.82) is 0 Å². The first-order chi connectivity index (χ1) is 15.5. The zero-order chi connectivity index (χ0) is 22.9. The lowest BCUT2D eigenvalue weighted by atomic mass is 9.93. The van der Waals surface area contributed by atoms with E-state index in [1.165, 1.54) is 11.1 Å². The van der Waals surface area contributed by atoms with Gasteiger partial charge in [0.1, 0.15) is 11.5 Å². The average Bonchev–Trinajstić information content (AvgIpc) is 2.79. The van der Waals surface area contributed by atoms with E-state index in [1.807, 2.05) is 37.3 Å². The molecule has 0 aromatic heterocycles. The lowest BCUT2D eigenvalue weighted by Crippen LogP contribution is -2.32. The highest BCUT2D eigenvalue weighted by Crippen LogP contribution is 2.31. The van der Waals surface area contributed by atoms with Crippen molar-refractivity contribution >= 4 is 23.7 Å². The quantitative estimate of drug-likeness (QED) is 0.476. The molecule has 0 fully saturated rings. The van der Waals surface area contributed by atoms with Gasteiger partial charge in [0.25, 0.3) is 0 Å². The van der Waals surface area contributed by atoms with Crippen LogP contribution in [-0.4, -0.2) is 30.2 Å². The van der Waals surface area contributed by atoms with Gasteiger partial charge in [-0.25, -0.2) is 9.59 Å². The molecule has 32 heavy (non-hydrogen) atoms. The standard InChI is InChI=1S/C25H26ClNO5/c1-3-21-22(24(28)30-4-2)16-27(25(29)32-20-11-6-5-7-12-20)17-23(21)31-14-13-18-9-8-10-19(26)15-18/h5-12,15-17,21H,3-4,13-14H2,1-2H3. The first-order valence-corrected chi connectivity index (χ1v) is 10.9. The lowest BCUT2D eigenvalue weighted by molar-refractivity contribution is -0.139. The van der Waals surface area contributed by atoms with Crippen LogP contribution in [0.1, 0.15) is 25.8 Å². The van der Waals surface area contributed by atoms with Gasteiger partial charge in [-0.3, -0.25) is 4.90 Å². The molecule has 1 atom stereocenters. The van der Waals surface area contributed by atoms with E-state index in [9.17, 15) is 9.59 Å². The minimum absolute atomic E-state index is 0.232. The second-order valence-corrected chi connectivity index (χ2v) is 7.55. The third kappa shape index (κ3) is 6.14. The molecule has 2 aromatic carbocycles. The summed E-state index contributed by atoms with van der Waals surface area (Å²) in [7, 11) is 0. The Morgan fingerprint density at radius 3 is 2.50 bits per heavy atom. The molecule has 2 aromatic rings. The van der Waals surface area contributed by atoms with Gasteiger partial charge in [0, 0.05) is 17.6 Å². The number of hydrogen-bond donors (Lipinski definition) is 0. The zero-order valence-corrected chi connectivity index (χ0v) is 18.9. The monoisotopic (exact) mass is 455 g/mol. The molecule has 1 amide bonds. The smallest absolute Gasteiger partial charge is 0.423 e. The molecule has 0 aliphatic carbocycles. The average molecular weight is 456 g/mol. The number of carbonyl (C=O) groups is 2. The molecule has 6 nitrogen and oxygen atoms in total. The molecule has 1 aliphatic heterocycles. The number of allylic oxidation sites excluding steroid dienone is 1. The summed E-state index contributed by atoms with van der Waals surface area (Å²) in [6.45, 7) is 4.28. The van der Waals surface area contributed by atoms with E-state index < -0.39 is 12.1 Å². The fraction of sp³-hybridized carbons (Fsp3) is 0.280. The number of hydrogen-bond acceptors (Lipinski definition) is 5. The summed E-state index contributed by atoms with van der Waals surface area (Å²) in [6, 6.07) is 16.3. The van der Waals surface area contributed by atoms with Crippen molar-refractivity contribution in [3.63, 3.8) is 0 Å². The largest absolute Gasteiger partial charge is 0.495 e. The first kappa shape index (κ1) is 23.4. The van der Waals surface area contributed by atoms with Crippen LogP contribution in [0.5, 0.6) is 5.75 Å². The summed E-state index contributed by atoms with van der Waals surface area (Å²) in [5.74, 6) is 0.0956. The maximum atomic E-state index is 12.8. The van der Waals surface area contributed by atoms with E-state index in [0.717, 1.165) is 5.56 Å². The van der Waals surface area contributed by atoms with E-state index in [4.69, 9.17) is 25.8 Å². The highest BCUT2D eigenvalue weighted by Gasteiger charge is 2.32. The van der Waals surface area contributed by atoms with Gasteiger partial charge >= 0.3 is 12.1 Å². The number of amides is 1. The Hall–Kier alpha value is -3.25. The number of nitrogens with zero attached hydrogens (tertiary/aromatic N) is 1. The predicted molar refractivity (Wildman–Crippen MR) is 122 cm³/mol. The highest BCUT2D eigenvalue weighted by atomic mass is 35.5. The fourth-order valence-electron chi connectivity index (χ4n) is 3.35. The van der Waals surface area contributed by atoms with Crippen LogP contribution in [0.25, 0.3) is 0 Å². The molecule has 3 rings (SSSR count). The molecule has 0 saturated carbocycles. The second kappa shape index (κ2) is 11.4. The molecule has 168 valence electrons. The van der Waals surface area contributed by atoms with Crippen molar-refractivity contribution in [1.82, 2.24) is 4.90 Å². The van der Waals surface area contributed by atoms with Gasteiger partial charge in [-0.05, 0) is 43.2 Å². The number of ether oxygens (including phenoxy) is 3.